The smallest absolute Gasteiger partial charge is 0.315 e. The van der Waals surface area contributed by atoms with Crippen LogP contribution in [0.3, 0.4) is 0 Å². The number of hydrogen-bond donors (Lipinski definition) is 2. The van der Waals surface area contributed by atoms with Crippen molar-refractivity contribution in [1.82, 2.24) is 10.6 Å². The fourth-order valence-electron chi connectivity index (χ4n) is 2.33. The topological polar surface area (TPSA) is 70.7 Å². The van der Waals surface area contributed by atoms with Gasteiger partial charge in [0.15, 0.2) is 0 Å². The van der Waals surface area contributed by atoms with Gasteiger partial charge < -0.3 is 20.3 Å². The lowest BCUT2D eigenvalue weighted by molar-refractivity contribution is -0.117. The lowest BCUT2D eigenvalue weighted by Crippen LogP contribution is -2.43. The number of halogens is 1. The molecular formula is C15H20FN3O3. The van der Waals surface area contributed by atoms with Crippen LogP contribution in [0.25, 0.3) is 0 Å². The summed E-state index contributed by atoms with van der Waals surface area (Å²) < 4.78 is 17.8. The van der Waals surface area contributed by atoms with E-state index in [-0.39, 0.29) is 30.2 Å². The summed E-state index contributed by atoms with van der Waals surface area (Å²) in [6.07, 6.45) is 0.970. The highest BCUT2D eigenvalue weighted by molar-refractivity contribution is 5.96. The molecule has 1 aromatic rings. The summed E-state index contributed by atoms with van der Waals surface area (Å²) in [6.45, 7) is 1.48. The molecule has 0 unspecified atom stereocenters. The minimum Gasteiger partial charge on any atom is -0.385 e. The van der Waals surface area contributed by atoms with Gasteiger partial charge in [-0.2, -0.15) is 0 Å². The van der Waals surface area contributed by atoms with E-state index in [4.69, 9.17) is 4.74 Å². The van der Waals surface area contributed by atoms with E-state index in [2.05, 4.69) is 10.6 Å². The minimum atomic E-state index is -0.347. The Morgan fingerprint density at radius 1 is 1.41 bits per heavy atom. The van der Waals surface area contributed by atoms with Crippen LogP contribution in [-0.2, 0) is 9.53 Å². The van der Waals surface area contributed by atoms with Crippen LogP contribution >= 0.6 is 0 Å². The molecule has 1 atom stereocenters. The molecule has 0 radical (unpaired) electrons. The molecule has 0 spiro atoms. The van der Waals surface area contributed by atoms with Crippen LogP contribution in [0, 0.1) is 5.82 Å². The number of carbonyl (C=O) groups is 2. The maximum Gasteiger partial charge on any atom is 0.315 e. The molecule has 1 saturated heterocycles. The van der Waals surface area contributed by atoms with Gasteiger partial charge >= 0.3 is 6.03 Å². The van der Waals surface area contributed by atoms with Crippen molar-refractivity contribution >= 4 is 17.6 Å². The Morgan fingerprint density at radius 3 is 2.82 bits per heavy atom. The van der Waals surface area contributed by atoms with Crippen LogP contribution in [0.5, 0.6) is 0 Å². The summed E-state index contributed by atoms with van der Waals surface area (Å²) in [6, 6.07) is 5.19. The van der Waals surface area contributed by atoms with E-state index in [1.807, 2.05) is 0 Å². The number of urea groups is 1. The number of ether oxygens (including phenoxy) is 1. The molecule has 2 rings (SSSR count). The van der Waals surface area contributed by atoms with Crippen molar-refractivity contribution in [3.63, 3.8) is 0 Å². The monoisotopic (exact) mass is 309 g/mol. The second kappa shape index (κ2) is 7.74. The maximum atomic E-state index is 12.9. The molecule has 1 aromatic carbocycles. The number of methoxy groups -OCH3 is 1. The first-order valence-corrected chi connectivity index (χ1v) is 7.19. The molecule has 1 aliphatic heterocycles. The highest BCUT2D eigenvalue weighted by Gasteiger charge is 2.31. The normalized spacial score (nSPS) is 17.6. The highest BCUT2D eigenvalue weighted by atomic mass is 19.1. The number of rotatable bonds is 6. The van der Waals surface area contributed by atoms with Crippen molar-refractivity contribution in [2.45, 2.75) is 18.9 Å². The van der Waals surface area contributed by atoms with Gasteiger partial charge in [0.1, 0.15) is 5.82 Å². The Morgan fingerprint density at radius 2 is 2.14 bits per heavy atom. The van der Waals surface area contributed by atoms with Gasteiger partial charge in [-0.15, -0.1) is 0 Å². The second-order valence-electron chi connectivity index (χ2n) is 5.13. The van der Waals surface area contributed by atoms with Crippen molar-refractivity contribution < 1.29 is 18.7 Å². The molecule has 0 aromatic heterocycles. The van der Waals surface area contributed by atoms with Crippen LogP contribution in [0.4, 0.5) is 14.9 Å². The van der Waals surface area contributed by atoms with Gasteiger partial charge in [-0.1, -0.05) is 0 Å². The number of nitrogens with zero attached hydrogens (tertiary/aromatic N) is 1. The Balaban J connectivity index is 1.82. The first-order chi connectivity index (χ1) is 10.6. The standard InChI is InChI=1S/C15H20FN3O3/c1-22-8-2-7-17-15(21)18-12-9-14(20)19(10-12)13-5-3-11(16)4-6-13/h3-6,12H,2,7-10H2,1H3,(H2,17,18,21)/t12-/m1/s1. The Bertz CT molecular complexity index is 521. The van der Waals surface area contributed by atoms with Gasteiger partial charge in [0.25, 0.3) is 0 Å². The lowest BCUT2D eigenvalue weighted by Gasteiger charge is -2.17. The highest BCUT2D eigenvalue weighted by Crippen LogP contribution is 2.21. The van der Waals surface area contributed by atoms with Gasteiger partial charge in [0.2, 0.25) is 5.91 Å². The fourth-order valence-corrected chi connectivity index (χ4v) is 2.33. The van der Waals surface area contributed by atoms with Crippen LogP contribution in [0.15, 0.2) is 24.3 Å². The van der Waals surface area contributed by atoms with E-state index < -0.39 is 0 Å². The molecule has 0 aliphatic carbocycles. The number of benzene rings is 1. The molecule has 7 heteroatoms. The first kappa shape index (κ1) is 16.2. The zero-order valence-corrected chi connectivity index (χ0v) is 12.5. The van der Waals surface area contributed by atoms with E-state index in [1.165, 1.54) is 12.1 Å². The van der Waals surface area contributed by atoms with Crippen LogP contribution in [-0.4, -0.2) is 44.8 Å². The Kier molecular flexibility index (Phi) is 5.71. The summed E-state index contributed by atoms with van der Waals surface area (Å²) in [7, 11) is 1.61. The predicted octanol–water partition coefficient (Wildman–Crippen LogP) is 1.27. The molecule has 6 nitrogen and oxygen atoms in total. The Labute approximate surface area is 128 Å². The first-order valence-electron chi connectivity index (χ1n) is 7.19. The SMILES string of the molecule is COCCCNC(=O)N[C@@H]1CC(=O)N(c2ccc(F)cc2)C1. The van der Waals surface area contributed by atoms with Gasteiger partial charge in [-0.25, -0.2) is 9.18 Å². The lowest BCUT2D eigenvalue weighted by atomic mass is 10.2. The molecule has 2 N–H and O–H groups in total. The van der Waals surface area contributed by atoms with Crippen LogP contribution < -0.4 is 15.5 Å². The number of anilines is 1. The van der Waals surface area contributed by atoms with Crippen molar-refractivity contribution in [3.8, 4) is 0 Å². The van der Waals surface area contributed by atoms with Crippen LogP contribution in [0.1, 0.15) is 12.8 Å². The van der Waals surface area contributed by atoms with E-state index in [9.17, 15) is 14.0 Å². The molecule has 0 bridgehead atoms. The predicted molar refractivity (Wildman–Crippen MR) is 80.2 cm³/mol. The zero-order chi connectivity index (χ0) is 15.9. The van der Waals surface area contributed by atoms with E-state index >= 15 is 0 Å². The van der Waals surface area contributed by atoms with Gasteiger partial charge in [-0.3, -0.25) is 4.79 Å². The summed E-state index contributed by atoms with van der Waals surface area (Å²) in [5, 5.41) is 5.48. The summed E-state index contributed by atoms with van der Waals surface area (Å²) in [5.41, 5.74) is 0.635. The van der Waals surface area contributed by atoms with E-state index in [0.29, 0.717) is 25.4 Å². The largest absolute Gasteiger partial charge is 0.385 e. The van der Waals surface area contributed by atoms with Gasteiger partial charge in [0.05, 0.1) is 6.04 Å². The molecular weight excluding hydrogens is 289 g/mol. The second-order valence-corrected chi connectivity index (χ2v) is 5.13. The van der Waals surface area contributed by atoms with Crippen molar-refractivity contribution in [2.24, 2.45) is 0 Å². The van der Waals surface area contributed by atoms with Crippen molar-refractivity contribution in [3.05, 3.63) is 30.1 Å². The third-order valence-corrected chi connectivity index (χ3v) is 3.41. The molecule has 1 heterocycles. The average molecular weight is 309 g/mol. The van der Waals surface area contributed by atoms with Crippen molar-refractivity contribution in [2.75, 3.05) is 31.7 Å². The van der Waals surface area contributed by atoms with E-state index in [0.717, 1.165) is 6.42 Å². The van der Waals surface area contributed by atoms with Crippen LogP contribution in [0.2, 0.25) is 0 Å². The number of carbonyl (C=O) groups excluding carboxylic acids is 2. The average Bonchev–Trinajstić information content (AvgIpc) is 2.85. The molecule has 1 aliphatic rings. The summed E-state index contributed by atoms with van der Waals surface area (Å²) in [4.78, 5) is 25.3. The van der Waals surface area contributed by atoms with Gasteiger partial charge in [0, 0.05) is 38.9 Å². The summed E-state index contributed by atoms with van der Waals surface area (Å²) in [5.74, 6) is -0.434. The van der Waals surface area contributed by atoms with E-state index in [1.54, 1.807) is 24.1 Å². The molecule has 22 heavy (non-hydrogen) atoms. The number of nitrogens with one attached hydrogen (secondary N) is 2. The molecule has 1 fully saturated rings. The number of amides is 3. The fraction of sp³-hybridized carbons (Fsp3) is 0.467. The quantitative estimate of drug-likeness (QED) is 0.777. The summed E-state index contributed by atoms with van der Waals surface area (Å²) >= 11 is 0. The molecule has 3 amide bonds. The van der Waals surface area contributed by atoms with Crippen molar-refractivity contribution in [1.29, 1.82) is 0 Å². The third kappa shape index (κ3) is 4.42. The number of hydrogen-bond acceptors (Lipinski definition) is 3. The Hall–Kier alpha value is -2.15. The molecule has 0 saturated carbocycles. The third-order valence-electron chi connectivity index (χ3n) is 3.41. The maximum absolute atomic E-state index is 12.9. The molecule has 120 valence electrons. The minimum absolute atomic E-state index is 0.0868. The zero-order valence-electron chi connectivity index (χ0n) is 12.5. The van der Waals surface area contributed by atoms with Gasteiger partial charge in [-0.05, 0) is 30.7 Å².